The van der Waals surface area contributed by atoms with Crippen molar-refractivity contribution in [3.05, 3.63) is 11.6 Å². The minimum absolute atomic E-state index is 0.0692. The van der Waals surface area contributed by atoms with Crippen molar-refractivity contribution >= 4 is 11.8 Å². The van der Waals surface area contributed by atoms with Crippen LogP contribution < -0.4 is 0 Å². The molecule has 0 aliphatic heterocycles. The third kappa shape index (κ3) is 3.22. The van der Waals surface area contributed by atoms with Crippen molar-refractivity contribution in [2.75, 3.05) is 0 Å². The molecule has 0 heterocycles. The summed E-state index contributed by atoms with van der Waals surface area (Å²) >= 11 is 0. The lowest BCUT2D eigenvalue weighted by molar-refractivity contribution is -0.149. The number of hydrogen-bond acceptors (Lipinski definition) is 3. The van der Waals surface area contributed by atoms with Crippen LogP contribution in [0.2, 0.25) is 0 Å². The van der Waals surface area contributed by atoms with Crippen LogP contribution in [0.5, 0.6) is 0 Å². The molecule has 162 valence electrons. The summed E-state index contributed by atoms with van der Waals surface area (Å²) in [7, 11) is 0. The summed E-state index contributed by atoms with van der Waals surface area (Å²) < 4.78 is 5.57. The number of rotatable bonds is 4. The second kappa shape index (κ2) is 7.54. The number of carbonyl (C=O) groups is 2. The lowest BCUT2D eigenvalue weighted by Crippen LogP contribution is -2.51. The molecule has 4 aliphatic rings. The van der Waals surface area contributed by atoms with Gasteiger partial charge in [0.2, 0.25) is 0 Å². The molecule has 8 atom stereocenters. The predicted octanol–water partition coefficient (Wildman–Crippen LogP) is 6.11. The van der Waals surface area contributed by atoms with Gasteiger partial charge in [-0.05, 0) is 73.0 Å². The van der Waals surface area contributed by atoms with E-state index in [0.717, 1.165) is 43.9 Å². The van der Waals surface area contributed by atoms with Crippen LogP contribution in [-0.2, 0) is 14.3 Å². The first kappa shape index (κ1) is 21.1. The lowest BCUT2D eigenvalue weighted by Gasteiger charge is -2.58. The van der Waals surface area contributed by atoms with Gasteiger partial charge in [0.1, 0.15) is 11.9 Å². The van der Waals surface area contributed by atoms with Gasteiger partial charge in [-0.2, -0.15) is 0 Å². The van der Waals surface area contributed by atoms with E-state index in [2.05, 4.69) is 33.8 Å². The van der Waals surface area contributed by atoms with Gasteiger partial charge in [0, 0.05) is 25.7 Å². The highest BCUT2D eigenvalue weighted by Crippen LogP contribution is 2.67. The number of ketones is 1. The molecule has 0 saturated heterocycles. The molecule has 3 heteroatoms. The minimum Gasteiger partial charge on any atom is -0.462 e. The zero-order chi connectivity index (χ0) is 21.0. The maximum Gasteiger partial charge on any atom is 0.302 e. The van der Waals surface area contributed by atoms with Crippen molar-refractivity contribution in [2.24, 2.45) is 40.4 Å². The third-order valence-corrected chi connectivity index (χ3v) is 9.79. The highest BCUT2D eigenvalue weighted by molar-refractivity contribution is 5.82. The SMILES string of the molecule is CCC(=O)C1C(CC)CC2C3CC=C4CC(OC(C)=O)CCC4(C)C3CC[C@]21C. The van der Waals surface area contributed by atoms with Crippen LogP contribution in [0.25, 0.3) is 0 Å². The molecule has 0 spiro atoms. The third-order valence-electron chi connectivity index (χ3n) is 9.79. The van der Waals surface area contributed by atoms with E-state index in [0.29, 0.717) is 24.0 Å². The fraction of sp³-hybridized carbons (Fsp3) is 0.846. The predicted molar refractivity (Wildman–Crippen MR) is 115 cm³/mol. The van der Waals surface area contributed by atoms with Crippen LogP contribution in [0.4, 0.5) is 0 Å². The average Bonchev–Trinajstić information content (AvgIpc) is 2.99. The molecule has 0 bridgehead atoms. The monoisotopic (exact) mass is 400 g/mol. The first-order chi connectivity index (χ1) is 13.7. The molecule has 0 N–H and O–H groups in total. The fourth-order valence-corrected chi connectivity index (χ4v) is 8.39. The van der Waals surface area contributed by atoms with E-state index < -0.39 is 0 Å². The summed E-state index contributed by atoms with van der Waals surface area (Å²) in [4.78, 5) is 24.4. The zero-order valence-electron chi connectivity index (χ0n) is 19.1. The van der Waals surface area contributed by atoms with Gasteiger partial charge in [-0.15, -0.1) is 0 Å². The largest absolute Gasteiger partial charge is 0.462 e. The Balaban J connectivity index is 1.61. The normalized spacial score (nSPS) is 46.2. The molecular formula is C26H40O3. The van der Waals surface area contributed by atoms with Crippen LogP contribution >= 0.6 is 0 Å². The van der Waals surface area contributed by atoms with E-state index in [-0.39, 0.29) is 28.8 Å². The molecule has 4 rings (SSSR count). The summed E-state index contributed by atoms with van der Waals surface area (Å²) in [5.41, 5.74) is 2.01. The van der Waals surface area contributed by atoms with Crippen molar-refractivity contribution < 1.29 is 14.3 Å². The Morgan fingerprint density at radius 3 is 2.55 bits per heavy atom. The number of ether oxygens (including phenoxy) is 1. The minimum atomic E-state index is -0.149. The van der Waals surface area contributed by atoms with Crippen molar-refractivity contribution in [1.29, 1.82) is 0 Å². The van der Waals surface area contributed by atoms with Crippen LogP contribution in [0.1, 0.15) is 92.4 Å². The maximum absolute atomic E-state index is 13.0. The highest BCUT2D eigenvalue weighted by Gasteiger charge is 2.61. The van der Waals surface area contributed by atoms with E-state index in [4.69, 9.17) is 4.74 Å². The molecule has 7 unspecified atom stereocenters. The Morgan fingerprint density at radius 2 is 1.90 bits per heavy atom. The van der Waals surface area contributed by atoms with Crippen molar-refractivity contribution in [3.8, 4) is 0 Å². The number of carbonyl (C=O) groups excluding carboxylic acids is 2. The van der Waals surface area contributed by atoms with Gasteiger partial charge in [0.25, 0.3) is 0 Å². The first-order valence-electron chi connectivity index (χ1n) is 12.1. The smallest absolute Gasteiger partial charge is 0.302 e. The van der Waals surface area contributed by atoms with Crippen LogP contribution in [0.15, 0.2) is 11.6 Å². The van der Waals surface area contributed by atoms with Gasteiger partial charge in [-0.1, -0.05) is 45.8 Å². The molecule has 4 aliphatic carbocycles. The Bertz CT molecular complexity index is 709. The van der Waals surface area contributed by atoms with Gasteiger partial charge in [0.15, 0.2) is 0 Å². The molecule has 3 nitrogen and oxygen atoms in total. The first-order valence-corrected chi connectivity index (χ1v) is 12.1. The topological polar surface area (TPSA) is 43.4 Å². The van der Waals surface area contributed by atoms with E-state index in [1.54, 1.807) is 5.57 Å². The molecule has 0 amide bonds. The molecule has 0 aromatic heterocycles. The van der Waals surface area contributed by atoms with E-state index >= 15 is 0 Å². The van der Waals surface area contributed by atoms with Crippen LogP contribution in [-0.4, -0.2) is 17.9 Å². The van der Waals surface area contributed by atoms with Gasteiger partial charge in [-0.3, -0.25) is 9.59 Å². The van der Waals surface area contributed by atoms with Crippen LogP contribution in [0, 0.1) is 40.4 Å². The second-order valence-electron chi connectivity index (χ2n) is 11.0. The maximum atomic E-state index is 13.0. The lowest BCUT2D eigenvalue weighted by atomic mass is 9.47. The quantitative estimate of drug-likeness (QED) is 0.422. The Kier molecular flexibility index (Phi) is 5.49. The Hall–Kier alpha value is -1.12. The Labute approximate surface area is 177 Å². The second-order valence-corrected chi connectivity index (χ2v) is 11.0. The number of Topliss-reactive ketones (excluding diaryl/α,β-unsaturated/α-hetero) is 1. The average molecular weight is 401 g/mol. The van der Waals surface area contributed by atoms with Crippen LogP contribution in [0.3, 0.4) is 0 Å². The molecule has 0 aromatic rings. The molecule has 29 heavy (non-hydrogen) atoms. The number of fused-ring (bicyclic) bond motifs is 5. The number of allylic oxidation sites excluding steroid dienone is 1. The molecular weight excluding hydrogens is 360 g/mol. The fourth-order valence-electron chi connectivity index (χ4n) is 8.39. The molecule has 3 saturated carbocycles. The summed E-state index contributed by atoms with van der Waals surface area (Å²) in [6, 6.07) is 0. The van der Waals surface area contributed by atoms with E-state index in [1.807, 2.05) is 0 Å². The summed E-state index contributed by atoms with van der Waals surface area (Å²) in [6.07, 6.45) is 12.3. The van der Waals surface area contributed by atoms with E-state index in [9.17, 15) is 9.59 Å². The van der Waals surface area contributed by atoms with Gasteiger partial charge in [0.05, 0.1) is 0 Å². The molecule has 3 fully saturated rings. The van der Waals surface area contributed by atoms with E-state index in [1.165, 1.54) is 26.2 Å². The van der Waals surface area contributed by atoms with Gasteiger partial charge in [-0.25, -0.2) is 0 Å². The molecule has 0 radical (unpaired) electrons. The van der Waals surface area contributed by atoms with Crippen molar-refractivity contribution in [3.63, 3.8) is 0 Å². The number of esters is 1. The van der Waals surface area contributed by atoms with Gasteiger partial charge >= 0.3 is 5.97 Å². The van der Waals surface area contributed by atoms with Crippen molar-refractivity contribution in [2.45, 2.75) is 98.5 Å². The summed E-state index contributed by atoms with van der Waals surface area (Å²) in [5, 5.41) is 0. The Morgan fingerprint density at radius 1 is 1.14 bits per heavy atom. The number of hydrogen-bond donors (Lipinski definition) is 0. The highest BCUT2D eigenvalue weighted by atomic mass is 16.5. The molecule has 0 aromatic carbocycles. The standard InChI is InChI=1S/C26H40O3/c1-6-17-14-22-20-9-8-18-15-19(29-16(3)27)10-12-25(18,4)21(20)11-13-26(22,5)24(17)23(28)7-2/h8,17,19-22,24H,6-7,9-15H2,1-5H3/t17?,19?,20?,21?,22?,24?,25?,26-/m1/s1. The summed E-state index contributed by atoms with van der Waals surface area (Å²) in [5.74, 6) is 3.36. The van der Waals surface area contributed by atoms with Crippen molar-refractivity contribution in [1.82, 2.24) is 0 Å². The summed E-state index contributed by atoms with van der Waals surface area (Å²) in [6.45, 7) is 10.8. The zero-order valence-corrected chi connectivity index (χ0v) is 19.1. The van der Waals surface area contributed by atoms with Gasteiger partial charge < -0.3 is 4.74 Å².